The second-order valence-corrected chi connectivity index (χ2v) is 4.98. The monoisotopic (exact) mass is 316 g/mol. The zero-order valence-electron chi connectivity index (χ0n) is 11.2. The Morgan fingerprint density at radius 1 is 1.18 bits per heavy atom. The van der Waals surface area contributed by atoms with E-state index in [0.717, 1.165) is 4.57 Å². The maximum Gasteiger partial charge on any atom is 0.422 e. The van der Waals surface area contributed by atoms with Gasteiger partial charge in [0.1, 0.15) is 0 Å². The van der Waals surface area contributed by atoms with Gasteiger partial charge in [0.05, 0.1) is 6.54 Å². The van der Waals surface area contributed by atoms with Gasteiger partial charge in [-0.1, -0.05) is 11.6 Å². The Morgan fingerprint density at radius 2 is 1.91 bits per heavy atom. The molecular formula is C15H9ClN2O4. The van der Waals surface area contributed by atoms with Crippen LogP contribution in [0.5, 0.6) is 0 Å². The van der Waals surface area contributed by atoms with Crippen LogP contribution in [0.15, 0.2) is 56.6 Å². The lowest BCUT2D eigenvalue weighted by Crippen LogP contribution is -2.35. The molecule has 0 spiro atoms. The van der Waals surface area contributed by atoms with Crippen molar-refractivity contribution in [2.45, 2.75) is 6.54 Å². The standard InChI is InChI=1S/C15H9ClN2O4/c16-10-5-3-9(4-6-10)11(19)8-18-14(20)13-12(22-15(18)21)2-1-7-17-13/h1-7H,8H2. The highest BCUT2D eigenvalue weighted by molar-refractivity contribution is 6.30. The second-order valence-electron chi connectivity index (χ2n) is 4.54. The summed E-state index contributed by atoms with van der Waals surface area (Å²) in [6, 6.07) is 9.18. The van der Waals surface area contributed by atoms with E-state index < -0.39 is 23.6 Å². The summed E-state index contributed by atoms with van der Waals surface area (Å²) in [5, 5.41) is 0.489. The van der Waals surface area contributed by atoms with Crippen molar-refractivity contribution in [3.8, 4) is 0 Å². The smallest absolute Gasteiger partial charge is 0.407 e. The Morgan fingerprint density at radius 3 is 2.64 bits per heavy atom. The Hall–Kier alpha value is -2.73. The molecule has 0 aliphatic carbocycles. The number of pyridine rings is 1. The first-order chi connectivity index (χ1) is 10.6. The molecule has 0 saturated heterocycles. The molecule has 22 heavy (non-hydrogen) atoms. The fourth-order valence-corrected chi connectivity index (χ4v) is 2.13. The summed E-state index contributed by atoms with van der Waals surface area (Å²) in [5.41, 5.74) is -0.218. The molecule has 6 nitrogen and oxygen atoms in total. The van der Waals surface area contributed by atoms with Crippen LogP contribution in [-0.4, -0.2) is 15.3 Å². The quantitative estimate of drug-likeness (QED) is 0.689. The molecular weight excluding hydrogens is 308 g/mol. The summed E-state index contributed by atoms with van der Waals surface area (Å²) >= 11 is 5.75. The average molecular weight is 317 g/mol. The van der Waals surface area contributed by atoms with Gasteiger partial charge in [-0.3, -0.25) is 9.59 Å². The van der Waals surface area contributed by atoms with Crippen LogP contribution >= 0.6 is 11.6 Å². The summed E-state index contributed by atoms with van der Waals surface area (Å²) in [5.74, 6) is -1.30. The molecule has 2 aromatic heterocycles. The van der Waals surface area contributed by atoms with E-state index >= 15 is 0 Å². The highest BCUT2D eigenvalue weighted by Gasteiger charge is 2.14. The van der Waals surface area contributed by atoms with Gasteiger partial charge in [-0.2, -0.15) is 0 Å². The van der Waals surface area contributed by atoms with Gasteiger partial charge in [-0.15, -0.1) is 0 Å². The molecule has 110 valence electrons. The molecule has 0 unspecified atom stereocenters. The number of hydrogen-bond acceptors (Lipinski definition) is 5. The van der Waals surface area contributed by atoms with E-state index in [-0.39, 0.29) is 11.1 Å². The Labute approximate surface area is 128 Å². The van der Waals surface area contributed by atoms with Crippen LogP contribution in [-0.2, 0) is 6.54 Å². The molecule has 0 atom stereocenters. The number of hydrogen-bond donors (Lipinski definition) is 0. The predicted octanol–water partition coefficient (Wildman–Crippen LogP) is 1.89. The molecule has 1 aromatic carbocycles. The number of ketones is 1. The SMILES string of the molecule is O=C(Cn1c(=O)oc2cccnc2c1=O)c1ccc(Cl)cc1. The van der Waals surface area contributed by atoms with Crippen LogP contribution in [0.3, 0.4) is 0 Å². The van der Waals surface area contributed by atoms with Crippen molar-refractivity contribution in [3.63, 3.8) is 0 Å². The number of halogens is 1. The number of rotatable bonds is 3. The summed E-state index contributed by atoms with van der Waals surface area (Å²) in [7, 11) is 0. The number of aromatic nitrogens is 2. The molecule has 7 heteroatoms. The molecule has 0 N–H and O–H groups in total. The number of Topliss-reactive ketones (excluding diaryl/α,β-unsaturated/α-hetero) is 1. The summed E-state index contributed by atoms with van der Waals surface area (Å²) in [6.45, 7) is -0.421. The van der Waals surface area contributed by atoms with Crippen LogP contribution in [0.4, 0.5) is 0 Å². The molecule has 0 fully saturated rings. The van der Waals surface area contributed by atoms with E-state index in [4.69, 9.17) is 16.0 Å². The van der Waals surface area contributed by atoms with Crippen LogP contribution in [0.2, 0.25) is 5.02 Å². The lowest BCUT2D eigenvalue weighted by atomic mass is 10.1. The van der Waals surface area contributed by atoms with Gasteiger partial charge in [0.2, 0.25) is 0 Å². The largest absolute Gasteiger partial charge is 0.422 e. The molecule has 0 bridgehead atoms. The Balaban J connectivity index is 2.04. The summed E-state index contributed by atoms with van der Waals surface area (Å²) < 4.78 is 5.73. The number of benzene rings is 1. The predicted molar refractivity (Wildman–Crippen MR) is 80.3 cm³/mol. The third-order valence-corrected chi connectivity index (χ3v) is 3.36. The van der Waals surface area contributed by atoms with Crippen LogP contribution in [0, 0.1) is 0 Å². The van der Waals surface area contributed by atoms with E-state index in [0.29, 0.717) is 10.6 Å². The van der Waals surface area contributed by atoms with Crippen LogP contribution in [0.1, 0.15) is 10.4 Å². The van der Waals surface area contributed by atoms with Gasteiger partial charge >= 0.3 is 5.76 Å². The fraction of sp³-hybridized carbons (Fsp3) is 0.0667. The molecule has 3 aromatic rings. The van der Waals surface area contributed by atoms with E-state index in [2.05, 4.69) is 4.98 Å². The van der Waals surface area contributed by atoms with Gasteiger partial charge in [0.25, 0.3) is 5.56 Å². The lowest BCUT2D eigenvalue weighted by molar-refractivity contribution is 0.0966. The summed E-state index contributed by atoms with van der Waals surface area (Å²) in [6.07, 6.45) is 1.41. The molecule has 0 amide bonds. The molecule has 2 heterocycles. The number of fused-ring (bicyclic) bond motifs is 1. The van der Waals surface area contributed by atoms with Gasteiger partial charge in [0, 0.05) is 16.8 Å². The van der Waals surface area contributed by atoms with E-state index in [9.17, 15) is 14.4 Å². The zero-order valence-corrected chi connectivity index (χ0v) is 11.9. The van der Waals surface area contributed by atoms with Crippen molar-refractivity contribution in [2.75, 3.05) is 0 Å². The van der Waals surface area contributed by atoms with Crippen molar-refractivity contribution >= 4 is 28.5 Å². The molecule has 0 radical (unpaired) electrons. The minimum atomic E-state index is -0.896. The Bertz CT molecular complexity index is 973. The van der Waals surface area contributed by atoms with Gasteiger partial charge in [-0.25, -0.2) is 14.3 Å². The molecule has 3 rings (SSSR count). The maximum absolute atomic E-state index is 12.2. The van der Waals surface area contributed by atoms with Gasteiger partial charge in [0.15, 0.2) is 16.9 Å². The van der Waals surface area contributed by atoms with E-state index in [1.807, 2.05) is 0 Å². The molecule has 0 aliphatic heterocycles. The summed E-state index contributed by atoms with van der Waals surface area (Å²) in [4.78, 5) is 40.1. The first-order valence-corrected chi connectivity index (χ1v) is 6.71. The van der Waals surface area contributed by atoms with Gasteiger partial charge < -0.3 is 4.42 Å². The third kappa shape index (κ3) is 2.56. The fourth-order valence-electron chi connectivity index (χ4n) is 2.00. The van der Waals surface area contributed by atoms with Crippen molar-refractivity contribution < 1.29 is 9.21 Å². The molecule has 0 saturated carbocycles. The van der Waals surface area contributed by atoms with Crippen LogP contribution in [0.25, 0.3) is 11.1 Å². The van der Waals surface area contributed by atoms with Crippen molar-refractivity contribution in [2.24, 2.45) is 0 Å². The topological polar surface area (TPSA) is 82.2 Å². The highest BCUT2D eigenvalue weighted by Crippen LogP contribution is 2.10. The van der Waals surface area contributed by atoms with Crippen LogP contribution < -0.4 is 11.3 Å². The highest BCUT2D eigenvalue weighted by atomic mass is 35.5. The first-order valence-electron chi connectivity index (χ1n) is 6.34. The Kier molecular flexibility index (Phi) is 3.60. The number of carbonyl (C=O) groups is 1. The first kappa shape index (κ1) is 14.2. The maximum atomic E-state index is 12.2. The zero-order chi connectivity index (χ0) is 15.7. The average Bonchev–Trinajstić information content (AvgIpc) is 2.52. The minimum Gasteiger partial charge on any atom is -0.407 e. The minimum absolute atomic E-state index is 0.00556. The van der Waals surface area contributed by atoms with E-state index in [1.165, 1.54) is 24.4 Å². The normalized spacial score (nSPS) is 10.8. The van der Waals surface area contributed by atoms with Crippen molar-refractivity contribution in [3.05, 3.63) is 74.1 Å². The van der Waals surface area contributed by atoms with E-state index in [1.54, 1.807) is 18.2 Å². The van der Waals surface area contributed by atoms with Gasteiger partial charge in [-0.05, 0) is 36.4 Å². The number of carbonyl (C=O) groups excluding carboxylic acids is 1. The second kappa shape index (κ2) is 5.57. The van der Waals surface area contributed by atoms with Crippen molar-refractivity contribution in [1.29, 1.82) is 0 Å². The number of nitrogens with zero attached hydrogens (tertiary/aromatic N) is 2. The van der Waals surface area contributed by atoms with Crippen molar-refractivity contribution in [1.82, 2.24) is 9.55 Å². The third-order valence-electron chi connectivity index (χ3n) is 3.10. The lowest BCUT2D eigenvalue weighted by Gasteiger charge is -2.04. The molecule has 0 aliphatic rings.